The number of benzene rings is 1. The Bertz CT molecular complexity index is 384. The van der Waals surface area contributed by atoms with Crippen LogP contribution in [0.2, 0.25) is 5.02 Å². The van der Waals surface area contributed by atoms with Crippen LogP contribution >= 0.6 is 11.6 Å². The first-order valence-corrected chi connectivity index (χ1v) is 4.14. The summed E-state index contributed by atoms with van der Waals surface area (Å²) in [6.45, 7) is 0.202. The van der Waals surface area contributed by atoms with E-state index in [4.69, 9.17) is 26.3 Å². The third-order valence-electron chi connectivity index (χ3n) is 1.78. The van der Waals surface area contributed by atoms with Crippen LogP contribution in [0.3, 0.4) is 0 Å². The zero-order valence-corrected chi connectivity index (χ0v) is 7.47. The fourth-order valence-corrected chi connectivity index (χ4v) is 1.49. The van der Waals surface area contributed by atoms with Crippen molar-refractivity contribution >= 4 is 11.6 Å². The molecule has 0 radical (unpaired) electrons. The molecule has 0 amide bonds. The van der Waals surface area contributed by atoms with Crippen molar-refractivity contribution in [2.24, 2.45) is 0 Å². The molecule has 0 unspecified atom stereocenters. The number of halogens is 1. The summed E-state index contributed by atoms with van der Waals surface area (Å²) in [7, 11) is 0. The van der Waals surface area contributed by atoms with Gasteiger partial charge in [-0.05, 0) is 6.07 Å². The zero-order valence-electron chi connectivity index (χ0n) is 6.71. The van der Waals surface area contributed by atoms with Crippen LogP contribution in [0, 0.1) is 11.3 Å². The Hall–Kier alpha value is -1.40. The first-order chi connectivity index (χ1) is 6.31. The number of hydrogen-bond acceptors (Lipinski definition) is 3. The summed E-state index contributed by atoms with van der Waals surface area (Å²) < 4.78 is 10.4. The van der Waals surface area contributed by atoms with Gasteiger partial charge in [0.1, 0.15) is 0 Å². The number of fused-ring (bicyclic) bond motifs is 1. The van der Waals surface area contributed by atoms with Crippen molar-refractivity contribution in [1.82, 2.24) is 0 Å². The van der Waals surface area contributed by atoms with E-state index in [1.807, 2.05) is 6.07 Å². The van der Waals surface area contributed by atoms with Crippen molar-refractivity contribution in [3.63, 3.8) is 0 Å². The molecule has 66 valence electrons. The second-order valence-corrected chi connectivity index (χ2v) is 3.07. The molecule has 0 N–H and O–H groups in total. The summed E-state index contributed by atoms with van der Waals surface area (Å²) >= 11 is 5.82. The third kappa shape index (κ3) is 1.41. The molecule has 0 saturated heterocycles. The average Bonchev–Trinajstić information content (AvgIpc) is 2.52. The fraction of sp³-hybridized carbons (Fsp3) is 0.222. The highest BCUT2D eigenvalue weighted by Crippen LogP contribution is 2.38. The van der Waals surface area contributed by atoms with Crippen LogP contribution in [-0.2, 0) is 6.42 Å². The predicted molar refractivity (Wildman–Crippen MR) is 46.9 cm³/mol. The molecule has 1 aromatic rings. The van der Waals surface area contributed by atoms with E-state index in [0.717, 1.165) is 5.56 Å². The molecule has 2 rings (SSSR count). The van der Waals surface area contributed by atoms with Gasteiger partial charge in [-0.25, -0.2) is 0 Å². The Morgan fingerprint density at radius 1 is 1.46 bits per heavy atom. The highest BCUT2D eigenvalue weighted by Gasteiger charge is 2.18. The Labute approximate surface area is 80.4 Å². The van der Waals surface area contributed by atoms with Crippen molar-refractivity contribution in [1.29, 1.82) is 5.26 Å². The number of nitriles is 1. The predicted octanol–water partition coefficient (Wildman–Crippen LogP) is 2.13. The van der Waals surface area contributed by atoms with E-state index in [0.29, 0.717) is 16.5 Å². The molecule has 13 heavy (non-hydrogen) atoms. The van der Waals surface area contributed by atoms with E-state index in [1.165, 1.54) is 0 Å². The molecule has 1 aromatic carbocycles. The maximum Gasteiger partial charge on any atom is 0.231 e. The van der Waals surface area contributed by atoms with Crippen LogP contribution < -0.4 is 9.47 Å². The first kappa shape index (κ1) is 8.21. The van der Waals surface area contributed by atoms with Gasteiger partial charge in [0, 0.05) is 16.7 Å². The SMILES string of the molecule is N#CCc1cc(Cl)cc2c1OCO2. The van der Waals surface area contributed by atoms with Gasteiger partial charge in [0.15, 0.2) is 11.5 Å². The van der Waals surface area contributed by atoms with Gasteiger partial charge < -0.3 is 9.47 Å². The van der Waals surface area contributed by atoms with Crippen LogP contribution in [0.4, 0.5) is 0 Å². The Kier molecular flexibility index (Phi) is 1.99. The van der Waals surface area contributed by atoms with Gasteiger partial charge in [0.2, 0.25) is 6.79 Å². The number of rotatable bonds is 1. The van der Waals surface area contributed by atoms with Crippen LogP contribution in [0.15, 0.2) is 12.1 Å². The lowest BCUT2D eigenvalue weighted by atomic mass is 10.1. The number of nitrogens with zero attached hydrogens (tertiary/aromatic N) is 1. The van der Waals surface area contributed by atoms with Crippen molar-refractivity contribution < 1.29 is 9.47 Å². The summed E-state index contributed by atoms with van der Waals surface area (Å²) in [5.41, 5.74) is 0.780. The van der Waals surface area contributed by atoms with E-state index >= 15 is 0 Å². The number of hydrogen-bond donors (Lipinski definition) is 0. The summed E-state index contributed by atoms with van der Waals surface area (Å²) in [4.78, 5) is 0. The number of ether oxygens (including phenoxy) is 2. The second kappa shape index (κ2) is 3.15. The molecule has 1 aliphatic heterocycles. The highest BCUT2D eigenvalue weighted by atomic mass is 35.5. The summed E-state index contributed by atoms with van der Waals surface area (Å²) in [5, 5.41) is 9.12. The van der Waals surface area contributed by atoms with Crippen LogP contribution in [0.1, 0.15) is 5.56 Å². The van der Waals surface area contributed by atoms with Crippen LogP contribution in [-0.4, -0.2) is 6.79 Å². The van der Waals surface area contributed by atoms with Gasteiger partial charge in [-0.15, -0.1) is 0 Å². The minimum absolute atomic E-state index is 0.202. The zero-order chi connectivity index (χ0) is 9.26. The molecule has 0 spiro atoms. The third-order valence-corrected chi connectivity index (χ3v) is 2.00. The molecule has 1 aliphatic rings. The summed E-state index contributed by atoms with van der Waals surface area (Å²) in [6, 6.07) is 5.45. The van der Waals surface area contributed by atoms with Crippen LogP contribution in [0.25, 0.3) is 0 Å². The fourth-order valence-electron chi connectivity index (χ4n) is 1.26. The molecule has 0 fully saturated rings. The standard InChI is InChI=1S/C9H6ClNO2/c10-7-3-6(1-2-11)9-8(4-7)12-5-13-9/h3-4H,1,5H2. The maximum atomic E-state index is 8.55. The highest BCUT2D eigenvalue weighted by molar-refractivity contribution is 6.30. The van der Waals surface area contributed by atoms with Gasteiger partial charge >= 0.3 is 0 Å². The second-order valence-electron chi connectivity index (χ2n) is 2.63. The minimum atomic E-state index is 0.202. The Balaban J connectivity index is 2.50. The summed E-state index contributed by atoms with van der Waals surface area (Å²) in [5.74, 6) is 1.27. The van der Waals surface area contributed by atoms with Crippen molar-refractivity contribution in [2.75, 3.05) is 6.79 Å². The normalized spacial score (nSPS) is 12.6. The van der Waals surface area contributed by atoms with Gasteiger partial charge in [0.25, 0.3) is 0 Å². The average molecular weight is 196 g/mol. The molecule has 0 bridgehead atoms. The smallest absolute Gasteiger partial charge is 0.231 e. The largest absolute Gasteiger partial charge is 0.454 e. The molecule has 3 nitrogen and oxygen atoms in total. The molecule has 0 atom stereocenters. The van der Waals surface area contributed by atoms with Gasteiger partial charge in [-0.3, -0.25) is 0 Å². The molecule has 0 aliphatic carbocycles. The van der Waals surface area contributed by atoms with E-state index in [-0.39, 0.29) is 13.2 Å². The molecule has 0 aromatic heterocycles. The van der Waals surface area contributed by atoms with Crippen molar-refractivity contribution in [2.45, 2.75) is 6.42 Å². The Morgan fingerprint density at radius 3 is 3.08 bits per heavy atom. The minimum Gasteiger partial charge on any atom is -0.454 e. The van der Waals surface area contributed by atoms with E-state index in [1.54, 1.807) is 12.1 Å². The summed E-state index contributed by atoms with van der Waals surface area (Å²) in [6.07, 6.45) is 0.284. The molecule has 4 heteroatoms. The maximum absolute atomic E-state index is 8.55. The van der Waals surface area contributed by atoms with E-state index in [2.05, 4.69) is 0 Å². The topological polar surface area (TPSA) is 42.2 Å². The lowest BCUT2D eigenvalue weighted by molar-refractivity contribution is 0.173. The quantitative estimate of drug-likeness (QED) is 0.690. The van der Waals surface area contributed by atoms with E-state index < -0.39 is 0 Å². The van der Waals surface area contributed by atoms with Crippen LogP contribution in [0.5, 0.6) is 11.5 Å². The molecular weight excluding hydrogens is 190 g/mol. The molecular formula is C9H6ClNO2. The first-order valence-electron chi connectivity index (χ1n) is 3.76. The lowest BCUT2D eigenvalue weighted by Crippen LogP contribution is -1.94. The molecule has 1 heterocycles. The van der Waals surface area contributed by atoms with Gasteiger partial charge in [0.05, 0.1) is 12.5 Å². The van der Waals surface area contributed by atoms with Crippen molar-refractivity contribution in [3.8, 4) is 17.6 Å². The lowest BCUT2D eigenvalue weighted by Gasteiger charge is -2.01. The van der Waals surface area contributed by atoms with Gasteiger partial charge in [-0.2, -0.15) is 5.26 Å². The monoisotopic (exact) mass is 195 g/mol. The Morgan fingerprint density at radius 2 is 2.31 bits per heavy atom. The molecule has 0 saturated carbocycles. The van der Waals surface area contributed by atoms with Gasteiger partial charge in [-0.1, -0.05) is 11.6 Å². The van der Waals surface area contributed by atoms with E-state index in [9.17, 15) is 0 Å². The van der Waals surface area contributed by atoms with Crippen molar-refractivity contribution in [3.05, 3.63) is 22.7 Å².